The van der Waals surface area contributed by atoms with Gasteiger partial charge in [0.15, 0.2) is 0 Å². The van der Waals surface area contributed by atoms with Crippen LogP contribution in [0.5, 0.6) is 0 Å². The first-order valence-electron chi connectivity index (χ1n) is 8.92. The van der Waals surface area contributed by atoms with E-state index in [0.717, 1.165) is 36.4 Å². The van der Waals surface area contributed by atoms with E-state index in [0.29, 0.717) is 10.7 Å². The smallest absolute Gasteiger partial charge is 0.301 e. The zero-order valence-electron chi connectivity index (χ0n) is 15.5. The van der Waals surface area contributed by atoms with Crippen LogP contribution in [0.2, 0.25) is 5.15 Å². The Morgan fingerprint density at radius 2 is 1.93 bits per heavy atom. The molecule has 150 valence electrons. The minimum Gasteiger partial charge on any atom is -0.331 e. The normalized spacial score (nSPS) is 11.2. The largest absolute Gasteiger partial charge is 0.331 e. The molecule has 2 aromatic carbocycles. The maximum Gasteiger partial charge on any atom is 0.301 e. The number of hydrazone groups is 1. The number of aromatic nitrogens is 1. The summed E-state index contributed by atoms with van der Waals surface area (Å²) in [5, 5.41) is 27.6. The van der Waals surface area contributed by atoms with Crippen LogP contribution in [0.25, 0.3) is 10.9 Å². The van der Waals surface area contributed by atoms with Gasteiger partial charge in [-0.05, 0) is 18.6 Å². The minimum atomic E-state index is -0.700. The maximum atomic E-state index is 11.2. The summed E-state index contributed by atoms with van der Waals surface area (Å²) in [4.78, 5) is 20.7. The second-order valence-corrected chi connectivity index (χ2v) is 6.67. The number of benzene rings is 2. The zero-order chi connectivity index (χ0) is 21.0. The molecule has 0 radical (unpaired) electrons. The third kappa shape index (κ3) is 4.19. The van der Waals surface area contributed by atoms with Crippen molar-refractivity contribution < 1.29 is 9.85 Å². The number of unbranched alkanes of at least 4 members (excludes halogenated alkanes) is 1. The lowest BCUT2D eigenvalue weighted by Crippen LogP contribution is -1.99. The average Bonchev–Trinajstić information content (AvgIpc) is 2.97. The zero-order valence-corrected chi connectivity index (χ0v) is 16.3. The molecule has 0 saturated heterocycles. The van der Waals surface area contributed by atoms with Gasteiger partial charge in [0.2, 0.25) is 0 Å². The molecule has 0 amide bonds. The first-order valence-corrected chi connectivity index (χ1v) is 9.30. The second-order valence-electron chi connectivity index (χ2n) is 6.31. The molecule has 0 aliphatic heterocycles. The summed E-state index contributed by atoms with van der Waals surface area (Å²) in [6.07, 6.45) is 3.50. The van der Waals surface area contributed by atoms with Crippen molar-refractivity contribution in [1.29, 1.82) is 0 Å². The Bertz CT molecular complexity index is 1110. The summed E-state index contributed by atoms with van der Waals surface area (Å²) in [6, 6.07) is 11.0. The summed E-state index contributed by atoms with van der Waals surface area (Å²) >= 11 is 6.57. The van der Waals surface area contributed by atoms with Crippen LogP contribution < -0.4 is 5.43 Å². The van der Waals surface area contributed by atoms with E-state index in [1.54, 1.807) is 0 Å². The molecule has 9 nitrogen and oxygen atoms in total. The predicted molar refractivity (Wildman–Crippen MR) is 113 cm³/mol. The van der Waals surface area contributed by atoms with Gasteiger partial charge in [-0.25, -0.2) is 0 Å². The summed E-state index contributed by atoms with van der Waals surface area (Å²) in [7, 11) is 0. The Balaban J connectivity index is 1.93. The topological polar surface area (TPSA) is 116 Å². The Hall–Kier alpha value is -3.46. The quantitative estimate of drug-likeness (QED) is 0.302. The number of anilines is 1. The van der Waals surface area contributed by atoms with Crippen LogP contribution in [0.1, 0.15) is 25.3 Å². The number of halogens is 1. The van der Waals surface area contributed by atoms with Crippen molar-refractivity contribution in [1.82, 2.24) is 4.57 Å². The van der Waals surface area contributed by atoms with Crippen molar-refractivity contribution in [2.75, 3.05) is 5.43 Å². The molecule has 0 unspecified atom stereocenters. The molecule has 1 aromatic heterocycles. The van der Waals surface area contributed by atoms with E-state index in [4.69, 9.17) is 11.6 Å². The van der Waals surface area contributed by atoms with Gasteiger partial charge in [-0.1, -0.05) is 43.1 Å². The molecule has 3 rings (SSSR count). The highest BCUT2D eigenvalue weighted by Crippen LogP contribution is 2.31. The van der Waals surface area contributed by atoms with Gasteiger partial charge in [-0.15, -0.1) is 0 Å². The third-order valence-electron chi connectivity index (χ3n) is 4.45. The lowest BCUT2D eigenvalue weighted by Gasteiger charge is -2.05. The first kappa shape index (κ1) is 20.3. The molecule has 3 aromatic rings. The van der Waals surface area contributed by atoms with E-state index in [9.17, 15) is 20.2 Å². The molecular formula is C19H18ClN5O4. The van der Waals surface area contributed by atoms with Crippen molar-refractivity contribution in [3.05, 3.63) is 73.4 Å². The van der Waals surface area contributed by atoms with E-state index in [1.165, 1.54) is 18.3 Å². The standard InChI is InChI=1S/C19H18ClN5O4/c1-2-3-10-23-17-7-5-4-6-14(17)15(19(23)20)12-21-22-16-9-8-13(24(26)27)11-18(16)25(28)29/h4-9,11-12,22H,2-3,10H2,1H3. The highest BCUT2D eigenvalue weighted by Gasteiger charge is 2.19. The number of hydrogen-bond acceptors (Lipinski definition) is 6. The molecule has 0 spiro atoms. The molecule has 10 heteroatoms. The van der Waals surface area contributed by atoms with Gasteiger partial charge in [-0.3, -0.25) is 25.7 Å². The average molecular weight is 416 g/mol. The van der Waals surface area contributed by atoms with Gasteiger partial charge < -0.3 is 4.57 Å². The number of nitrogens with one attached hydrogen (secondary N) is 1. The summed E-state index contributed by atoms with van der Waals surface area (Å²) < 4.78 is 2.01. The van der Waals surface area contributed by atoms with Crippen LogP contribution in [0.15, 0.2) is 47.6 Å². The molecule has 0 aliphatic rings. The first-order chi connectivity index (χ1) is 13.9. The molecule has 0 fully saturated rings. The molecule has 0 bridgehead atoms. The Morgan fingerprint density at radius 3 is 2.62 bits per heavy atom. The van der Waals surface area contributed by atoms with Crippen LogP contribution in [-0.4, -0.2) is 20.6 Å². The Morgan fingerprint density at radius 1 is 1.17 bits per heavy atom. The Kier molecular flexibility index (Phi) is 6.08. The molecule has 1 heterocycles. The number of nitro groups is 2. The number of fused-ring (bicyclic) bond motifs is 1. The van der Waals surface area contributed by atoms with Gasteiger partial charge in [-0.2, -0.15) is 5.10 Å². The Labute approximate surface area is 170 Å². The van der Waals surface area contributed by atoms with E-state index in [1.807, 2.05) is 28.8 Å². The van der Waals surface area contributed by atoms with Crippen molar-refractivity contribution in [2.24, 2.45) is 5.10 Å². The molecule has 1 N–H and O–H groups in total. The number of para-hydroxylation sites is 1. The van der Waals surface area contributed by atoms with Crippen molar-refractivity contribution in [3.8, 4) is 0 Å². The fourth-order valence-electron chi connectivity index (χ4n) is 3.00. The van der Waals surface area contributed by atoms with Crippen LogP contribution in [0.4, 0.5) is 17.1 Å². The van der Waals surface area contributed by atoms with Crippen LogP contribution in [0, 0.1) is 20.2 Å². The van der Waals surface area contributed by atoms with Crippen molar-refractivity contribution in [3.63, 3.8) is 0 Å². The number of nitro benzene ring substituents is 2. The molecule has 0 saturated carbocycles. The fourth-order valence-corrected chi connectivity index (χ4v) is 3.33. The monoisotopic (exact) mass is 415 g/mol. The highest BCUT2D eigenvalue weighted by atomic mass is 35.5. The number of hydrogen-bond donors (Lipinski definition) is 1. The summed E-state index contributed by atoms with van der Waals surface area (Å²) in [5.74, 6) is 0. The molecule has 0 atom stereocenters. The van der Waals surface area contributed by atoms with Crippen molar-refractivity contribution >= 4 is 45.8 Å². The van der Waals surface area contributed by atoms with Crippen LogP contribution >= 0.6 is 11.6 Å². The highest BCUT2D eigenvalue weighted by molar-refractivity contribution is 6.34. The number of aryl methyl sites for hydroxylation is 1. The van der Waals surface area contributed by atoms with Gasteiger partial charge in [0, 0.05) is 29.1 Å². The van der Waals surface area contributed by atoms with Crippen LogP contribution in [0.3, 0.4) is 0 Å². The molecular weight excluding hydrogens is 398 g/mol. The minimum absolute atomic E-state index is 0.0442. The second kappa shape index (κ2) is 8.70. The maximum absolute atomic E-state index is 11.2. The molecule has 29 heavy (non-hydrogen) atoms. The van der Waals surface area contributed by atoms with Gasteiger partial charge in [0.05, 0.1) is 22.1 Å². The lowest BCUT2D eigenvalue weighted by atomic mass is 10.2. The lowest BCUT2D eigenvalue weighted by molar-refractivity contribution is -0.393. The summed E-state index contributed by atoms with van der Waals surface area (Å²) in [5.41, 5.74) is 3.50. The van der Waals surface area contributed by atoms with E-state index < -0.39 is 15.5 Å². The van der Waals surface area contributed by atoms with E-state index >= 15 is 0 Å². The number of nitrogens with zero attached hydrogens (tertiary/aromatic N) is 4. The fraction of sp³-hybridized carbons (Fsp3) is 0.211. The summed E-state index contributed by atoms with van der Waals surface area (Å²) in [6.45, 7) is 2.87. The van der Waals surface area contributed by atoms with Crippen LogP contribution in [-0.2, 0) is 6.54 Å². The molecule has 0 aliphatic carbocycles. The van der Waals surface area contributed by atoms with E-state index in [-0.39, 0.29) is 11.4 Å². The number of non-ortho nitro benzene ring substituents is 1. The van der Waals surface area contributed by atoms with E-state index in [2.05, 4.69) is 17.5 Å². The SMILES string of the molecule is CCCCn1c(Cl)c(C=NNc2ccc([N+](=O)[O-])cc2[N+](=O)[O-])c2ccccc21. The number of rotatable bonds is 8. The van der Waals surface area contributed by atoms with Crippen molar-refractivity contribution in [2.45, 2.75) is 26.3 Å². The van der Waals surface area contributed by atoms with Gasteiger partial charge >= 0.3 is 5.69 Å². The van der Waals surface area contributed by atoms with Gasteiger partial charge in [0.25, 0.3) is 5.69 Å². The van der Waals surface area contributed by atoms with Gasteiger partial charge in [0.1, 0.15) is 10.8 Å². The third-order valence-corrected chi connectivity index (χ3v) is 4.85. The predicted octanol–water partition coefficient (Wildman–Crippen LogP) is 5.36.